The zero-order chi connectivity index (χ0) is 16.7. The molecule has 0 saturated heterocycles. The van der Waals surface area contributed by atoms with E-state index in [2.05, 4.69) is 17.6 Å². The molecule has 0 aromatic heterocycles. The monoisotopic (exact) mass is 312 g/mol. The molecule has 5 nitrogen and oxygen atoms in total. The van der Waals surface area contributed by atoms with Crippen LogP contribution in [0.3, 0.4) is 0 Å². The van der Waals surface area contributed by atoms with Crippen LogP contribution in [-0.2, 0) is 11.2 Å². The summed E-state index contributed by atoms with van der Waals surface area (Å²) in [6.45, 7) is 4.17. The summed E-state index contributed by atoms with van der Waals surface area (Å²) in [5, 5.41) is 5.47. The van der Waals surface area contributed by atoms with E-state index in [4.69, 9.17) is 4.74 Å². The van der Waals surface area contributed by atoms with Gasteiger partial charge in [0, 0.05) is 11.4 Å². The summed E-state index contributed by atoms with van der Waals surface area (Å²) in [4.78, 5) is 23.5. The number of nitrogens with one attached hydrogen (secondary N) is 2. The summed E-state index contributed by atoms with van der Waals surface area (Å²) in [7, 11) is 0. The van der Waals surface area contributed by atoms with Gasteiger partial charge in [0.25, 0.3) is 0 Å². The van der Waals surface area contributed by atoms with E-state index in [1.165, 1.54) is 5.56 Å². The van der Waals surface area contributed by atoms with Crippen LogP contribution in [0, 0.1) is 0 Å². The van der Waals surface area contributed by atoms with Crippen LogP contribution in [0.4, 0.5) is 16.2 Å². The second kappa shape index (κ2) is 7.98. The summed E-state index contributed by atoms with van der Waals surface area (Å²) in [6, 6.07) is 13.9. The lowest BCUT2D eigenvalue weighted by Crippen LogP contribution is -2.19. The number of urea groups is 1. The molecule has 0 saturated carbocycles. The molecular formula is C18H20N2O3. The number of ether oxygens (including phenoxy) is 1. The molecule has 2 amide bonds. The third-order valence-corrected chi connectivity index (χ3v) is 3.27. The number of esters is 1. The maximum Gasteiger partial charge on any atom is 0.338 e. The van der Waals surface area contributed by atoms with Crippen molar-refractivity contribution in [1.82, 2.24) is 0 Å². The molecule has 0 heterocycles. The average molecular weight is 312 g/mol. The van der Waals surface area contributed by atoms with Crippen LogP contribution in [0.25, 0.3) is 0 Å². The van der Waals surface area contributed by atoms with Crippen LogP contribution in [0.5, 0.6) is 0 Å². The average Bonchev–Trinajstić information content (AvgIpc) is 2.56. The van der Waals surface area contributed by atoms with Crippen molar-refractivity contribution in [3.8, 4) is 0 Å². The van der Waals surface area contributed by atoms with Crippen LogP contribution >= 0.6 is 0 Å². The normalized spacial score (nSPS) is 10.0. The molecule has 2 N–H and O–H groups in total. The molecule has 5 heteroatoms. The molecule has 0 spiro atoms. The topological polar surface area (TPSA) is 67.4 Å². The maximum absolute atomic E-state index is 11.9. The molecule has 0 aliphatic heterocycles. The Hall–Kier alpha value is -2.82. The predicted octanol–water partition coefficient (Wildman–Crippen LogP) is 4.07. The van der Waals surface area contributed by atoms with Gasteiger partial charge in [0.05, 0.1) is 12.2 Å². The summed E-state index contributed by atoms with van der Waals surface area (Å²) >= 11 is 0. The highest BCUT2D eigenvalue weighted by molar-refractivity contribution is 6.00. The maximum atomic E-state index is 11.9. The minimum absolute atomic E-state index is 0.331. The molecule has 2 rings (SSSR count). The molecule has 0 aliphatic carbocycles. The fraction of sp³-hybridized carbons (Fsp3) is 0.222. The van der Waals surface area contributed by atoms with E-state index >= 15 is 0 Å². The lowest BCUT2D eigenvalue weighted by atomic mass is 10.1. The molecule has 0 unspecified atom stereocenters. The summed E-state index contributed by atoms with van der Waals surface area (Å²) in [6.07, 6.45) is 0.958. The molecule has 0 atom stereocenters. The first-order valence-corrected chi connectivity index (χ1v) is 7.56. The van der Waals surface area contributed by atoms with Crippen molar-refractivity contribution in [1.29, 1.82) is 0 Å². The van der Waals surface area contributed by atoms with Crippen molar-refractivity contribution in [3.63, 3.8) is 0 Å². The number of aryl methyl sites for hydroxylation is 1. The van der Waals surface area contributed by atoms with Gasteiger partial charge in [0.1, 0.15) is 0 Å². The highest BCUT2D eigenvalue weighted by Crippen LogP contribution is 2.13. The van der Waals surface area contributed by atoms with Gasteiger partial charge in [0.2, 0.25) is 0 Å². The zero-order valence-corrected chi connectivity index (χ0v) is 13.3. The van der Waals surface area contributed by atoms with Gasteiger partial charge in [-0.3, -0.25) is 0 Å². The SMILES string of the molecule is CCOC(=O)c1ccc(NC(=O)Nc2ccc(CC)cc2)cc1. The first-order chi connectivity index (χ1) is 11.1. The summed E-state index contributed by atoms with van der Waals surface area (Å²) in [5.74, 6) is -0.375. The molecule has 0 aliphatic rings. The molecule has 120 valence electrons. The Labute approximate surface area is 135 Å². The van der Waals surface area contributed by atoms with Gasteiger partial charge < -0.3 is 15.4 Å². The first kappa shape index (κ1) is 16.5. The first-order valence-electron chi connectivity index (χ1n) is 7.56. The van der Waals surface area contributed by atoms with E-state index < -0.39 is 0 Å². The number of amides is 2. The molecule has 0 fully saturated rings. The number of carbonyl (C=O) groups excluding carboxylic acids is 2. The van der Waals surface area contributed by atoms with Gasteiger partial charge in [-0.1, -0.05) is 19.1 Å². The minimum Gasteiger partial charge on any atom is -0.462 e. The number of anilines is 2. The van der Waals surface area contributed by atoms with Crippen molar-refractivity contribution < 1.29 is 14.3 Å². The standard InChI is InChI=1S/C18H20N2O3/c1-3-13-5-9-15(10-6-13)19-18(22)20-16-11-7-14(8-12-16)17(21)23-4-2/h5-12H,3-4H2,1-2H3,(H2,19,20,22). The van der Waals surface area contributed by atoms with E-state index in [0.717, 1.165) is 12.1 Å². The largest absolute Gasteiger partial charge is 0.462 e. The molecule has 0 bridgehead atoms. The molecule has 2 aromatic carbocycles. The van der Waals surface area contributed by atoms with Crippen molar-refractivity contribution >= 4 is 23.4 Å². The highest BCUT2D eigenvalue weighted by Gasteiger charge is 2.07. The van der Waals surface area contributed by atoms with Gasteiger partial charge in [-0.2, -0.15) is 0 Å². The third kappa shape index (κ3) is 4.85. The molecule has 2 aromatic rings. The summed E-state index contributed by atoms with van der Waals surface area (Å²) in [5.41, 5.74) is 2.99. The highest BCUT2D eigenvalue weighted by atomic mass is 16.5. The Kier molecular flexibility index (Phi) is 5.74. The van der Waals surface area contributed by atoms with Gasteiger partial charge in [-0.25, -0.2) is 9.59 Å². The Bertz CT molecular complexity index is 664. The summed E-state index contributed by atoms with van der Waals surface area (Å²) < 4.78 is 4.91. The van der Waals surface area contributed by atoms with Crippen molar-refractivity contribution in [2.75, 3.05) is 17.2 Å². The zero-order valence-electron chi connectivity index (χ0n) is 13.3. The predicted molar refractivity (Wildman–Crippen MR) is 90.9 cm³/mol. The third-order valence-electron chi connectivity index (χ3n) is 3.27. The second-order valence-electron chi connectivity index (χ2n) is 4.93. The number of hydrogen-bond acceptors (Lipinski definition) is 3. The second-order valence-corrected chi connectivity index (χ2v) is 4.93. The van der Waals surface area contributed by atoms with Crippen molar-refractivity contribution in [2.24, 2.45) is 0 Å². The molecule has 0 radical (unpaired) electrons. The van der Waals surface area contributed by atoms with E-state index in [1.54, 1.807) is 31.2 Å². The fourth-order valence-electron chi connectivity index (χ4n) is 2.02. The van der Waals surface area contributed by atoms with Gasteiger partial charge >= 0.3 is 12.0 Å². The Morgan fingerprint density at radius 2 is 1.39 bits per heavy atom. The van der Waals surface area contributed by atoms with Crippen LogP contribution in [0.2, 0.25) is 0 Å². The van der Waals surface area contributed by atoms with E-state index in [-0.39, 0.29) is 12.0 Å². The van der Waals surface area contributed by atoms with Crippen LogP contribution < -0.4 is 10.6 Å². The lowest BCUT2D eigenvalue weighted by Gasteiger charge is -2.09. The van der Waals surface area contributed by atoms with E-state index in [0.29, 0.717) is 17.9 Å². The van der Waals surface area contributed by atoms with Gasteiger partial charge in [-0.15, -0.1) is 0 Å². The van der Waals surface area contributed by atoms with Gasteiger partial charge in [-0.05, 0) is 55.3 Å². The molecule has 23 heavy (non-hydrogen) atoms. The fourth-order valence-corrected chi connectivity index (χ4v) is 2.02. The van der Waals surface area contributed by atoms with Crippen LogP contribution in [0.15, 0.2) is 48.5 Å². The smallest absolute Gasteiger partial charge is 0.338 e. The number of hydrogen-bond donors (Lipinski definition) is 2. The lowest BCUT2D eigenvalue weighted by molar-refractivity contribution is 0.0526. The van der Waals surface area contributed by atoms with Crippen molar-refractivity contribution in [3.05, 3.63) is 59.7 Å². The number of rotatable bonds is 5. The minimum atomic E-state index is -0.375. The van der Waals surface area contributed by atoms with E-state index in [1.807, 2.05) is 24.3 Å². The van der Waals surface area contributed by atoms with Gasteiger partial charge in [0.15, 0.2) is 0 Å². The van der Waals surface area contributed by atoms with Crippen LogP contribution in [0.1, 0.15) is 29.8 Å². The quantitative estimate of drug-likeness (QED) is 0.818. The van der Waals surface area contributed by atoms with E-state index in [9.17, 15) is 9.59 Å². The Morgan fingerprint density at radius 3 is 1.87 bits per heavy atom. The number of carbonyl (C=O) groups is 2. The molecular weight excluding hydrogens is 292 g/mol. The van der Waals surface area contributed by atoms with Crippen molar-refractivity contribution in [2.45, 2.75) is 20.3 Å². The Morgan fingerprint density at radius 1 is 0.870 bits per heavy atom. The Balaban J connectivity index is 1.93. The van der Waals surface area contributed by atoms with Crippen LogP contribution in [-0.4, -0.2) is 18.6 Å². The number of benzene rings is 2.